The molecule has 0 saturated carbocycles. The fourth-order valence-electron chi connectivity index (χ4n) is 2.77. The number of ether oxygens (including phenoxy) is 1. The number of nitrogens with zero attached hydrogens (tertiary/aromatic N) is 1. The second-order valence-corrected chi connectivity index (χ2v) is 5.70. The van der Waals surface area contributed by atoms with E-state index in [1.165, 1.54) is 11.1 Å². The normalized spacial score (nSPS) is 18.0. The topological polar surface area (TPSA) is 41.6 Å². The molecule has 1 aliphatic heterocycles. The summed E-state index contributed by atoms with van der Waals surface area (Å²) < 4.78 is 5.92. The predicted molar refractivity (Wildman–Crippen MR) is 84.7 cm³/mol. The molecule has 1 heterocycles. The number of amides is 1. The van der Waals surface area contributed by atoms with Crippen molar-refractivity contribution < 1.29 is 9.53 Å². The van der Waals surface area contributed by atoms with Gasteiger partial charge in [-0.2, -0.15) is 0 Å². The monoisotopic (exact) mass is 290 g/mol. The van der Waals surface area contributed by atoms with Crippen LogP contribution >= 0.6 is 0 Å². The number of benzene rings is 1. The molecule has 0 fully saturated rings. The molecule has 0 radical (unpaired) electrons. The van der Waals surface area contributed by atoms with Crippen molar-refractivity contribution in [2.45, 2.75) is 46.3 Å². The number of nitrogens with one attached hydrogen (secondary N) is 1. The van der Waals surface area contributed by atoms with Crippen LogP contribution in [0.3, 0.4) is 0 Å². The molecule has 2 unspecified atom stereocenters. The number of hydrogen-bond acceptors (Lipinski definition) is 3. The van der Waals surface area contributed by atoms with Gasteiger partial charge in [0.05, 0.1) is 6.04 Å². The van der Waals surface area contributed by atoms with Gasteiger partial charge in [-0.05, 0) is 39.3 Å². The first-order valence-corrected chi connectivity index (χ1v) is 7.83. The van der Waals surface area contributed by atoms with Crippen molar-refractivity contribution in [3.8, 4) is 5.75 Å². The molecule has 1 N–H and O–H groups in total. The smallest absolute Gasteiger partial charge is 0.239 e. The summed E-state index contributed by atoms with van der Waals surface area (Å²) >= 11 is 0. The predicted octanol–water partition coefficient (Wildman–Crippen LogP) is 2.15. The van der Waals surface area contributed by atoms with Crippen molar-refractivity contribution in [3.05, 3.63) is 29.3 Å². The lowest BCUT2D eigenvalue weighted by Gasteiger charge is -2.24. The summed E-state index contributed by atoms with van der Waals surface area (Å²) in [5, 5.41) is 3.31. The molecule has 1 aromatic rings. The van der Waals surface area contributed by atoms with Crippen molar-refractivity contribution in [1.29, 1.82) is 0 Å². The van der Waals surface area contributed by atoms with Gasteiger partial charge in [0.1, 0.15) is 11.9 Å². The minimum atomic E-state index is -0.168. The van der Waals surface area contributed by atoms with E-state index in [9.17, 15) is 4.79 Å². The van der Waals surface area contributed by atoms with Gasteiger partial charge in [-0.15, -0.1) is 0 Å². The van der Waals surface area contributed by atoms with Crippen LogP contribution in [0.5, 0.6) is 5.75 Å². The second-order valence-electron chi connectivity index (χ2n) is 5.70. The zero-order valence-corrected chi connectivity index (χ0v) is 13.5. The Bertz CT molecular complexity index is 498. The van der Waals surface area contributed by atoms with Crippen LogP contribution in [0.1, 0.15) is 31.9 Å². The minimum Gasteiger partial charge on any atom is -0.488 e. The first-order valence-electron chi connectivity index (χ1n) is 7.83. The van der Waals surface area contributed by atoms with Gasteiger partial charge in [0, 0.05) is 26.1 Å². The molecule has 0 aromatic heterocycles. The molecule has 0 aliphatic carbocycles. The third-order valence-corrected chi connectivity index (χ3v) is 4.05. The largest absolute Gasteiger partial charge is 0.488 e. The van der Waals surface area contributed by atoms with E-state index in [-0.39, 0.29) is 18.1 Å². The average Bonchev–Trinajstić information content (AvgIpc) is 2.87. The minimum absolute atomic E-state index is 0.119. The van der Waals surface area contributed by atoms with E-state index in [1.54, 1.807) is 0 Å². The van der Waals surface area contributed by atoms with E-state index in [0.29, 0.717) is 6.54 Å². The van der Waals surface area contributed by atoms with Gasteiger partial charge in [0.25, 0.3) is 0 Å². The molecule has 0 spiro atoms. The lowest BCUT2D eigenvalue weighted by Crippen LogP contribution is -2.47. The Morgan fingerprint density at radius 2 is 2.14 bits per heavy atom. The van der Waals surface area contributed by atoms with Crippen LogP contribution in [0.2, 0.25) is 0 Å². The molecule has 4 nitrogen and oxygen atoms in total. The first-order chi connectivity index (χ1) is 10.0. The highest BCUT2D eigenvalue weighted by atomic mass is 16.5. The molecule has 2 atom stereocenters. The molecule has 4 heteroatoms. The van der Waals surface area contributed by atoms with Crippen LogP contribution in [0, 0.1) is 6.92 Å². The van der Waals surface area contributed by atoms with Crippen LogP contribution in [-0.4, -0.2) is 42.6 Å². The zero-order chi connectivity index (χ0) is 15.4. The molecule has 1 aromatic carbocycles. The number of hydrogen-bond donors (Lipinski definition) is 1. The number of fused-ring (bicyclic) bond motifs is 1. The highest BCUT2D eigenvalue weighted by Crippen LogP contribution is 2.29. The van der Waals surface area contributed by atoms with Gasteiger partial charge >= 0.3 is 0 Å². The van der Waals surface area contributed by atoms with Gasteiger partial charge in [0.15, 0.2) is 0 Å². The van der Waals surface area contributed by atoms with Crippen LogP contribution in [0.4, 0.5) is 0 Å². The average molecular weight is 290 g/mol. The van der Waals surface area contributed by atoms with E-state index in [2.05, 4.69) is 24.4 Å². The maximum Gasteiger partial charge on any atom is 0.239 e. The Morgan fingerprint density at radius 1 is 1.43 bits per heavy atom. The summed E-state index contributed by atoms with van der Waals surface area (Å²) in [7, 11) is 0. The summed E-state index contributed by atoms with van der Waals surface area (Å²) in [5.41, 5.74) is 2.53. The summed E-state index contributed by atoms with van der Waals surface area (Å²) in [4.78, 5) is 14.0. The van der Waals surface area contributed by atoms with Gasteiger partial charge in [0.2, 0.25) is 5.91 Å². The number of carbonyl (C=O) groups excluding carboxylic acids is 1. The molecule has 1 amide bonds. The fourth-order valence-corrected chi connectivity index (χ4v) is 2.77. The SMILES string of the molecule is CCN(CC)C(=O)C(C)NCC1Cc2cc(C)ccc2O1. The van der Waals surface area contributed by atoms with E-state index in [4.69, 9.17) is 4.74 Å². The van der Waals surface area contributed by atoms with Crippen LogP contribution < -0.4 is 10.1 Å². The van der Waals surface area contributed by atoms with Crippen molar-refractivity contribution in [2.24, 2.45) is 0 Å². The van der Waals surface area contributed by atoms with E-state index in [1.807, 2.05) is 31.7 Å². The van der Waals surface area contributed by atoms with Gasteiger partial charge < -0.3 is 15.0 Å². The van der Waals surface area contributed by atoms with Crippen molar-refractivity contribution in [3.63, 3.8) is 0 Å². The standard InChI is InChI=1S/C17H26N2O2/c1-5-19(6-2)17(20)13(4)18-11-15-10-14-9-12(3)7-8-16(14)21-15/h7-9,13,15,18H,5-6,10-11H2,1-4H3. The van der Waals surface area contributed by atoms with Crippen LogP contribution in [-0.2, 0) is 11.2 Å². The van der Waals surface area contributed by atoms with Crippen molar-refractivity contribution >= 4 is 5.91 Å². The summed E-state index contributed by atoms with van der Waals surface area (Å²) in [6, 6.07) is 6.12. The maximum atomic E-state index is 12.2. The van der Waals surface area contributed by atoms with E-state index in [0.717, 1.165) is 25.3 Å². The number of likely N-dealkylation sites (N-methyl/N-ethyl adjacent to an activating group) is 1. The third-order valence-electron chi connectivity index (χ3n) is 4.05. The number of rotatable bonds is 6. The third kappa shape index (κ3) is 3.76. The lowest BCUT2D eigenvalue weighted by molar-refractivity contribution is -0.132. The Morgan fingerprint density at radius 3 is 2.81 bits per heavy atom. The van der Waals surface area contributed by atoms with Crippen molar-refractivity contribution in [1.82, 2.24) is 10.2 Å². The Hall–Kier alpha value is -1.55. The summed E-state index contributed by atoms with van der Waals surface area (Å²) in [6.45, 7) is 10.2. The van der Waals surface area contributed by atoms with Gasteiger partial charge in [-0.3, -0.25) is 4.79 Å². The Labute approximate surface area is 127 Å². The molecule has 0 bridgehead atoms. The molecule has 1 aliphatic rings. The Balaban J connectivity index is 1.84. The van der Waals surface area contributed by atoms with E-state index >= 15 is 0 Å². The molecule has 116 valence electrons. The Kier molecular flexibility index (Phi) is 5.23. The molecular weight excluding hydrogens is 264 g/mol. The second kappa shape index (κ2) is 6.94. The maximum absolute atomic E-state index is 12.2. The fraction of sp³-hybridized carbons (Fsp3) is 0.588. The number of carbonyl (C=O) groups is 1. The van der Waals surface area contributed by atoms with Crippen LogP contribution in [0.15, 0.2) is 18.2 Å². The van der Waals surface area contributed by atoms with Gasteiger partial charge in [-0.1, -0.05) is 17.7 Å². The summed E-state index contributed by atoms with van der Waals surface area (Å²) in [6.07, 6.45) is 1.03. The van der Waals surface area contributed by atoms with Crippen molar-refractivity contribution in [2.75, 3.05) is 19.6 Å². The molecule has 21 heavy (non-hydrogen) atoms. The number of aryl methyl sites for hydroxylation is 1. The summed E-state index contributed by atoms with van der Waals surface area (Å²) in [5.74, 6) is 1.14. The highest BCUT2D eigenvalue weighted by molar-refractivity contribution is 5.81. The molecular formula is C17H26N2O2. The lowest BCUT2D eigenvalue weighted by atomic mass is 10.1. The molecule has 2 rings (SSSR count). The molecule has 0 saturated heterocycles. The first kappa shape index (κ1) is 15.8. The van der Waals surface area contributed by atoms with Gasteiger partial charge in [-0.25, -0.2) is 0 Å². The highest BCUT2D eigenvalue weighted by Gasteiger charge is 2.25. The van der Waals surface area contributed by atoms with E-state index < -0.39 is 0 Å². The van der Waals surface area contributed by atoms with Crippen LogP contribution in [0.25, 0.3) is 0 Å². The zero-order valence-electron chi connectivity index (χ0n) is 13.5. The quantitative estimate of drug-likeness (QED) is 0.873.